The van der Waals surface area contributed by atoms with E-state index in [1.54, 1.807) is 0 Å². The minimum atomic E-state index is 0.778. The van der Waals surface area contributed by atoms with E-state index in [-0.39, 0.29) is 0 Å². The van der Waals surface area contributed by atoms with Crippen molar-refractivity contribution < 1.29 is 0 Å². The van der Waals surface area contributed by atoms with Gasteiger partial charge in [-0.3, -0.25) is 10.0 Å². The number of hydrogen-bond donors (Lipinski definition) is 0. The van der Waals surface area contributed by atoms with Crippen LogP contribution in [0.25, 0.3) is 0 Å². The minimum Gasteiger partial charge on any atom is -0.293 e. The first-order chi connectivity index (χ1) is 6.68. The van der Waals surface area contributed by atoms with E-state index in [4.69, 9.17) is 11.6 Å². The molecule has 0 saturated heterocycles. The molecule has 2 nitrogen and oxygen atoms in total. The van der Waals surface area contributed by atoms with Crippen LogP contribution in [0.4, 0.5) is 5.69 Å². The molecule has 74 valence electrons. The molecular weight excluding hydrogens is 196 g/mol. The Balaban J connectivity index is 2.26. The van der Waals surface area contributed by atoms with Crippen LogP contribution in [-0.4, -0.2) is 18.6 Å². The summed E-state index contributed by atoms with van der Waals surface area (Å²) in [6.07, 6.45) is 2.20. The molecule has 0 unspecified atom stereocenters. The van der Waals surface area contributed by atoms with Crippen LogP contribution in [-0.2, 0) is 0 Å². The first kappa shape index (κ1) is 9.41. The smallest absolute Gasteiger partial charge is 0.0597 e. The lowest BCUT2D eigenvalue weighted by Gasteiger charge is -2.29. The summed E-state index contributed by atoms with van der Waals surface area (Å²) < 4.78 is 0. The normalized spacial score (nSPS) is 16.1. The van der Waals surface area contributed by atoms with Crippen LogP contribution < -0.4 is 5.01 Å². The lowest BCUT2D eigenvalue weighted by molar-refractivity contribution is 0.422. The summed E-state index contributed by atoms with van der Waals surface area (Å²) in [4.78, 5) is 0. The van der Waals surface area contributed by atoms with Gasteiger partial charge in [0.2, 0.25) is 0 Å². The van der Waals surface area contributed by atoms with E-state index in [0.717, 1.165) is 17.3 Å². The van der Waals surface area contributed by atoms with Gasteiger partial charge >= 0.3 is 0 Å². The third-order valence-electron chi connectivity index (χ3n) is 2.54. The second kappa shape index (κ2) is 3.54. The van der Waals surface area contributed by atoms with Crippen LogP contribution >= 0.6 is 11.6 Å². The Hall–Kier alpha value is -1.15. The van der Waals surface area contributed by atoms with Gasteiger partial charge in [0.15, 0.2) is 0 Å². The summed E-state index contributed by atoms with van der Waals surface area (Å²) >= 11 is 5.95. The number of hydrogen-bond acceptors (Lipinski definition) is 2. The Bertz CT molecular complexity index is 373. The van der Waals surface area contributed by atoms with E-state index in [2.05, 4.69) is 36.1 Å². The van der Waals surface area contributed by atoms with Crippen molar-refractivity contribution in [2.24, 2.45) is 0 Å². The molecule has 0 bridgehead atoms. The summed E-state index contributed by atoms with van der Waals surface area (Å²) in [5.41, 5.74) is 2.40. The van der Waals surface area contributed by atoms with Crippen LogP contribution in [0.1, 0.15) is 6.92 Å². The summed E-state index contributed by atoms with van der Waals surface area (Å²) in [5, 5.41) is 5.09. The van der Waals surface area contributed by atoms with Crippen molar-refractivity contribution in [1.29, 1.82) is 0 Å². The molecule has 0 aliphatic carbocycles. The summed E-state index contributed by atoms with van der Waals surface area (Å²) in [7, 11) is 2.06. The molecule has 1 aliphatic heterocycles. The molecule has 0 spiro atoms. The molecule has 1 aromatic rings. The lowest BCUT2D eigenvalue weighted by atomic mass is 10.3. The Labute approximate surface area is 89.4 Å². The van der Waals surface area contributed by atoms with Gasteiger partial charge in [-0.1, -0.05) is 17.7 Å². The van der Waals surface area contributed by atoms with E-state index in [0.29, 0.717) is 0 Å². The van der Waals surface area contributed by atoms with Crippen molar-refractivity contribution in [3.05, 3.63) is 41.1 Å². The Morgan fingerprint density at radius 1 is 1.36 bits per heavy atom. The maximum Gasteiger partial charge on any atom is 0.0597 e. The molecule has 3 heteroatoms. The Morgan fingerprint density at radius 2 is 2.14 bits per heavy atom. The maximum absolute atomic E-state index is 5.95. The molecule has 0 aromatic heterocycles. The maximum atomic E-state index is 5.95. The van der Waals surface area contributed by atoms with E-state index in [1.807, 2.05) is 18.2 Å². The third-order valence-corrected chi connectivity index (χ3v) is 2.77. The molecule has 1 aromatic carbocycles. The number of hydrazine groups is 1. The van der Waals surface area contributed by atoms with Gasteiger partial charge in [-0.05, 0) is 31.2 Å². The predicted octanol–water partition coefficient (Wildman–Crippen LogP) is 2.91. The lowest BCUT2D eigenvalue weighted by Crippen LogP contribution is -2.33. The summed E-state index contributed by atoms with van der Waals surface area (Å²) in [6.45, 7) is 3.02. The van der Waals surface area contributed by atoms with Crippen molar-refractivity contribution in [3.63, 3.8) is 0 Å². The zero-order valence-electron chi connectivity index (χ0n) is 8.37. The van der Waals surface area contributed by atoms with Crippen LogP contribution in [0.15, 0.2) is 36.0 Å². The number of benzene rings is 1. The fraction of sp³-hybridized carbons (Fsp3) is 0.273. The highest BCUT2D eigenvalue weighted by atomic mass is 35.5. The SMILES string of the molecule is CC1=CCN(c2cccc(Cl)c2)N1C. The average molecular weight is 209 g/mol. The molecule has 0 radical (unpaired) electrons. The molecular formula is C11H13ClN2. The topological polar surface area (TPSA) is 6.48 Å². The van der Waals surface area contributed by atoms with E-state index in [9.17, 15) is 0 Å². The van der Waals surface area contributed by atoms with Gasteiger partial charge in [0, 0.05) is 17.8 Å². The van der Waals surface area contributed by atoms with Gasteiger partial charge in [0.25, 0.3) is 0 Å². The fourth-order valence-electron chi connectivity index (χ4n) is 1.58. The van der Waals surface area contributed by atoms with Crippen molar-refractivity contribution in [3.8, 4) is 0 Å². The largest absolute Gasteiger partial charge is 0.293 e. The molecule has 0 fully saturated rings. The second-order valence-electron chi connectivity index (χ2n) is 3.43. The monoisotopic (exact) mass is 208 g/mol. The Kier molecular flexibility index (Phi) is 2.38. The van der Waals surface area contributed by atoms with Crippen molar-refractivity contribution in [2.45, 2.75) is 6.92 Å². The molecule has 0 atom stereocenters. The average Bonchev–Trinajstić information content (AvgIpc) is 2.48. The van der Waals surface area contributed by atoms with E-state index >= 15 is 0 Å². The highest BCUT2D eigenvalue weighted by Crippen LogP contribution is 2.25. The zero-order valence-corrected chi connectivity index (χ0v) is 9.12. The molecule has 1 aliphatic rings. The quantitative estimate of drug-likeness (QED) is 0.700. The molecule has 0 saturated carbocycles. The number of allylic oxidation sites excluding steroid dienone is 1. The van der Waals surface area contributed by atoms with Crippen LogP contribution in [0.3, 0.4) is 0 Å². The fourth-order valence-corrected chi connectivity index (χ4v) is 1.76. The molecule has 0 N–H and O–H groups in total. The first-order valence-corrected chi connectivity index (χ1v) is 5.00. The number of halogens is 1. The van der Waals surface area contributed by atoms with Crippen LogP contribution in [0.2, 0.25) is 5.02 Å². The highest BCUT2D eigenvalue weighted by molar-refractivity contribution is 6.30. The highest BCUT2D eigenvalue weighted by Gasteiger charge is 2.17. The molecule has 1 heterocycles. The van der Waals surface area contributed by atoms with Gasteiger partial charge < -0.3 is 0 Å². The Morgan fingerprint density at radius 3 is 2.71 bits per heavy atom. The molecule has 2 rings (SSSR count). The minimum absolute atomic E-state index is 0.778. The number of rotatable bonds is 1. The van der Waals surface area contributed by atoms with Gasteiger partial charge in [-0.15, -0.1) is 0 Å². The second-order valence-corrected chi connectivity index (χ2v) is 3.87. The molecule has 0 amide bonds. The summed E-state index contributed by atoms with van der Waals surface area (Å²) in [6, 6.07) is 7.90. The predicted molar refractivity (Wildman–Crippen MR) is 60.3 cm³/mol. The zero-order chi connectivity index (χ0) is 10.1. The third kappa shape index (κ3) is 1.58. The first-order valence-electron chi connectivity index (χ1n) is 4.62. The number of nitrogens with zero attached hydrogens (tertiary/aromatic N) is 2. The standard InChI is InChI=1S/C11H13ClN2/c1-9-6-7-14(13(9)2)11-5-3-4-10(12)8-11/h3-6,8H,7H2,1-2H3. The van der Waals surface area contributed by atoms with Crippen molar-refractivity contribution in [2.75, 3.05) is 18.6 Å². The van der Waals surface area contributed by atoms with Gasteiger partial charge in [0.05, 0.1) is 12.2 Å². The van der Waals surface area contributed by atoms with Crippen LogP contribution in [0.5, 0.6) is 0 Å². The van der Waals surface area contributed by atoms with Gasteiger partial charge in [-0.25, -0.2) is 0 Å². The van der Waals surface area contributed by atoms with Gasteiger partial charge in [0.1, 0.15) is 0 Å². The summed E-state index contributed by atoms with van der Waals surface area (Å²) in [5.74, 6) is 0. The van der Waals surface area contributed by atoms with E-state index < -0.39 is 0 Å². The van der Waals surface area contributed by atoms with Gasteiger partial charge in [-0.2, -0.15) is 0 Å². The molecule has 14 heavy (non-hydrogen) atoms. The van der Waals surface area contributed by atoms with Crippen molar-refractivity contribution >= 4 is 17.3 Å². The van der Waals surface area contributed by atoms with Crippen LogP contribution in [0, 0.1) is 0 Å². The van der Waals surface area contributed by atoms with E-state index in [1.165, 1.54) is 5.70 Å². The van der Waals surface area contributed by atoms with Crippen molar-refractivity contribution in [1.82, 2.24) is 5.01 Å². The number of anilines is 1.